The van der Waals surface area contributed by atoms with E-state index in [1.54, 1.807) is 31.5 Å². The molecule has 0 fully saturated rings. The van der Waals surface area contributed by atoms with Crippen molar-refractivity contribution in [1.29, 1.82) is 0 Å². The van der Waals surface area contributed by atoms with Crippen LogP contribution in [0, 0.1) is 0 Å². The van der Waals surface area contributed by atoms with Gasteiger partial charge in [0.05, 0.1) is 18.6 Å². The van der Waals surface area contributed by atoms with Gasteiger partial charge in [-0.05, 0) is 43.2 Å². The van der Waals surface area contributed by atoms with Crippen LogP contribution in [0.15, 0.2) is 48.7 Å². The molecule has 1 heterocycles. The molecule has 1 unspecified atom stereocenters. The van der Waals surface area contributed by atoms with E-state index >= 15 is 0 Å². The van der Waals surface area contributed by atoms with Crippen molar-refractivity contribution in [2.45, 2.75) is 19.6 Å². The fourth-order valence-corrected chi connectivity index (χ4v) is 3.23. The van der Waals surface area contributed by atoms with E-state index in [0.29, 0.717) is 35.8 Å². The predicted octanol–water partition coefficient (Wildman–Crippen LogP) is 4.11. The van der Waals surface area contributed by atoms with Gasteiger partial charge in [0.2, 0.25) is 0 Å². The quantitative estimate of drug-likeness (QED) is 0.407. The molecular formula is C23H27ClN4O5. The third-order valence-electron chi connectivity index (χ3n) is 4.66. The number of hydrogen-bond donors (Lipinski definition) is 4. The lowest BCUT2D eigenvalue weighted by atomic mass is 10.1. The molecule has 1 atom stereocenters. The molecular weight excluding hydrogens is 448 g/mol. The van der Waals surface area contributed by atoms with Crippen LogP contribution >= 0.6 is 11.6 Å². The van der Waals surface area contributed by atoms with Gasteiger partial charge in [0.25, 0.3) is 0 Å². The molecule has 2 aromatic carbocycles. The molecule has 0 aromatic heterocycles. The maximum absolute atomic E-state index is 12.5. The number of benzene rings is 2. The number of anilines is 2. The number of urea groups is 1. The first-order valence-corrected chi connectivity index (χ1v) is 11.0. The first kappa shape index (κ1) is 24.1. The van der Waals surface area contributed by atoms with Crippen molar-refractivity contribution >= 4 is 40.9 Å². The first-order valence-electron chi connectivity index (χ1n) is 10.4. The van der Waals surface area contributed by atoms with Crippen molar-refractivity contribution < 1.29 is 23.8 Å². The van der Waals surface area contributed by atoms with Crippen molar-refractivity contribution in [3.8, 4) is 5.75 Å². The molecule has 2 aromatic rings. The molecule has 0 bridgehead atoms. The molecule has 1 aliphatic rings. The summed E-state index contributed by atoms with van der Waals surface area (Å²) in [5, 5.41) is 11.3. The maximum atomic E-state index is 12.5. The fraction of sp³-hybridized carbons (Fsp3) is 0.304. The van der Waals surface area contributed by atoms with Crippen LogP contribution < -0.4 is 26.0 Å². The topological polar surface area (TPSA) is 110 Å². The standard InChI is InChI=1S/C23H27ClN4O5/c1-15-26-14-21(33-15)19-7-6-18(13-20(19)31-2)28-22(29)27-17-5-3-4-16(12-17)8-10-25-23(30)32-11-9-24/h3-7,12-15,26H,8-11H2,1-2H3,(H,25,30)(H2,27,28,29). The van der Waals surface area contributed by atoms with Gasteiger partial charge in [0, 0.05) is 30.2 Å². The Balaban J connectivity index is 1.54. The molecule has 0 spiro atoms. The van der Waals surface area contributed by atoms with Crippen LogP contribution in [0.5, 0.6) is 5.75 Å². The Hall–Kier alpha value is -3.59. The third-order valence-corrected chi connectivity index (χ3v) is 4.81. The summed E-state index contributed by atoms with van der Waals surface area (Å²) in [5.74, 6) is 1.51. The summed E-state index contributed by atoms with van der Waals surface area (Å²) >= 11 is 5.48. The summed E-state index contributed by atoms with van der Waals surface area (Å²) in [5.41, 5.74) is 2.93. The number of amides is 3. The molecule has 10 heteroatoms. The van der Waals surface area contributed by atoms with Crippen molar-refractivity contribution in [3.05, 3.63) is 59.8 Å². The number of halogens is 1. The van der Waals surface area contributed by atoms with Gasteiger partial charge >= 0.3 is 12.1 Å². The lowest BCUT2D eigenvalue weighted by Crippen LogP contribution is -2.27. The molecule has 0 saturated heterocycles. The Bertz CT molecular complexity index is 1010. The Kier molecular flexibility index (Phi) is 8.65. The van der Waals surface area contributed by atoms with Crippen LogP contribution in [0.3, 0.4) is 0 Å². The minimum absolute atomic E-state index is 0.107. The zero-order valence-corrected chi connectivity index (χ0v) is 19.2. The molecule has 0 aliphatic carbocycles. The largest absolute Gasteiger partial charge is 0.496 e. The Morgan fingerprint density at radius 1 is 1.15 bits per heavy atom. The van der Waals surface area contributed by atoms with Crippen LogP contribution in [-0.2, 0) is 15.9 Å². The average Bonchev–Trinajstić information content (AvgIpc) is 3.23. The summed E-state index contributed by atoms with van der Waals surface area (Å²) in [6.07, 6.45) is 1.75. The second-order valence-corrected chi connectivity index (χ2v) is 7.51. The van der Waals surface area contributed by atoms with Crippen LogP contribution in [0.2, 0.25) is 0 Å². The highest BCUT2D eigenvalue weighted by atomic mass is 35.5. The highest BCUT2D eigenvalue weighted by molar-refractivity contribution is 6.18. The number of alkyl carbamates (subject to hydrolysis) is 1. The molecule has 0 saturated carbocycles. The number of methoxy groups -OCH3 is 1. The van der Waals surface area contributed by atoms with Gasteiger partial charge in [0.15, 0.2) is 6.23 Å². The Labute approximate surface area is 197 Å². The molecule has 3 rings (SSSR count). The Morgan fingerprint density at radius 3 is 2.64 bits per heavy atom. The number of ether oxygens (including phenoxy) is 3. The minimum Gasteiger partial charge on any atom is -0.496 e. The number of nitrogens with one attached hydrogen (secondary N) is 4. The highest BCUT2D eigenvalue weighted by Gasteiger charge is 2.18. The van der Waals surface area contributed by atoms with E-state index in [2.05, 4.69) is 21.3 Å². The molecule has 1 aliphatic heterocycles. The first-order chi connectivity index (χ1) is 16.0. The van der Waals surface area contributed by atoms with Gasteiger partial charge < -0.3 is 35.5 Å². The van der Waals surface area contributed by atoms with Crippen molar-refractivity contribution in [1.82, 2.24) is 10.6 Å². The monoisotopic (exact) mass is 474 g/mol. The molecule has 3 amide bonds. The number of alkyl halides is 1. The fourth-order valence-electron chi connectivity index (χ4n) is 3.15. The second kappa shape index (κ2) is 11.9. The van der Waals surface area contributed by atoms with Gasteiger partial charge in [0.1, 0.15) is 18.1 Å². The summed E-state index contributed by atoms with van der Waals surface area (Å²) in [6.45, 7) is 2.47. The summed E-state index contributed by atoms with van der Waals surface area (Å²) in [4.78, 5) is 23.9. The molecule has 176 valence electrons. The summed E-state index contributed by atoms with van der Waals surface area (Å²) < 4.78 is 16.0. The number of hydrogen-bond acceptors (Lipinski definition) is 6. The number of rotatable bonds is 9. The summed E-state index contributed by atoms with van der Waals surface area (Å²) in [6, 6.07) is 12.3. The van der Waals surface area contributed by atoms with E-state index in [1.807, 2.05) is 31.2 Å². The van der Waals surface area contributed by atoms with E-state index in [4.69, 9.17) is 25.8 Å². The molecule has 33 heavy (non-hydrogen) atoms. The lowest BCUT2D eigenvalue weighted by molar-refractivity contribution is 0.153. The minimum atomic E-state index is -0.507. The van der Waals surface area contributed by atoms with Crippen LogP contribution in [0.1, 0.15) is 18.1 Å². The maximum Gasteiger partial charge on any atom is 0.407 e. The second-order valence-electron chi connectivity index (χ2n) is 7.13. The smallest absolute Gasteiger partial charge is 0.407 e. The van der Waals surface area contributed by atoms with E-state index in [-0.39, 0.29) is 18.7 Å². The zero-order valence-electron chi connectivity index (χ0n) is 18.4. The van der Waals surface area contributed by atoms with Crippen LogP contribution in [-0.4, -0.2) is 44.5 Å². The Morgan fingerprint density at radius 2 is 1.94 bits per heavy atom. The van der Waals surface area contributed by atoms with Gasteiger partial charge in [-0.25, -0.2) is 9.59 Å². The molecule has 4 N–H and O–H groups in total. The van der Waals surface area contributed by atoms with Crippen LogP contribution in [0.25, 0.3) is 5.76 Å². The van der Waals surface area contributed by atoms with Crippen molar-refractivity contribution in [3.63, 3.8) is 0 Å². The van der Waals surface area contributed by atoms with Gasteiger partial charge in [-0.3, -0.25) is 0 Å². The predicted molar refractivity (Wildman–Crippen MR) is 128 cm³/mol. The van der Waals surface area contributed by atoms with Gasteiger partial charge in [-0.2, -0.15) is 0 Å². The van der Waals surface area contributed by atoms with Gasteiger partial charge in [-0.1, -0.05) is 12.1 Å². The lowest BCUT2D eigenvalue weighted by Gasteiger charge is -2.14. The average molecular weight is 475 g/mol. The summed E-state index contributed by atoms with van der Waals surface area (Å²) in [7, 11) is 1.56. The molecule has 0 radical (unpaired) electrons. The van der Waals surface area contributed by atoms with E-state index in [1.165, 1.54) is 0 Å². The van der Waals surface area contributed by atoms with Crippen molar-refractivity contribution in [2.24, 2.45) is 0 Å². The number of carbonyl (C=O) groups excluding carboxylic acids is 2. The zero-order chi connectivity index (χ0) is 23.6. The van der Waals surface area contributed by atoms with E-state index < -0.39 is 12.1 Å². The molecule has 9 nitrogen and oxygen atoms in total. The van der Waals surface area contributed by atoms with E-state index in [0.717, 1.165) is 11.1 Å². The number of carbonyl (C=O) groups is 2. The van der Waals surface area contributed by atoms with Gasteiger partial charge in [-0.15, -0.1) is 11.6 Å². The van der Waals surface area contributed by atoms with Crippen molar-refractivity contribution in [2.75, 3.05) is 36.8 Å². The SMILES string of the molecule is COc1cc(NC(=O)Nc2cccc(CCNC(=O)OCCCl)c2)ccc1C1=CNC(C)O1. The van der Waals surface area contributed by atoms with Crippen LogP contribution in [0.4, 0.5) is 21.0 Å². The third kappa shape index (κ3) is 7.21. The normalized spacial score (nSPS) is 14.4. The highest BCUT2D eigenvalue weighted by Crippen LogP contribution is 2.31. The van der Waals surface area contributed by atoms with E-state index in [9.17, 15) is 9.59 Å².